The van der Waals surface area contributed by atoms with Crippen LogP contribution in [-0.4, -0.2) is 28.2 Å². The van der Waals surface area contributed by atoms with E-state index >= 15 is 0 Å². The average Bonchev–Trinajstić information content (AvgIpc) is 2.48. The fourth-order valence-electron chi connectivity index (χ4n) is 1.62. The minimum atomic E-state index is -1.18. The van der Waals surface area contributed by atoms with E-state index in [9.17, 15) is 9.59 Å². The van der Waals surface area contributed by atoms with Crippen molar-refractivity contribution >= 4 is 29.3 Å². The number of amides is 1. The second-order valence-electron chi connectivity index (χ2n) is 3.89. The first-order valence-corrected chi connectivity index (χ1v) is 6.98. The largest absolute Gasteiger partial charge is 0.478 e. The van der Waals surface area contributed by atoms with Gasteiger partial charge in [0.25, 0.3) is 5.91 Å². The van der Waals surface area contributed by atoms with Crippen molar-refractivity contribution in [3.8, 4) is 0 Å². The SMILES string of the molecule is CSc1ccc(NC(=O)c2ncccc2C(=O)O)cc1. The fourth-order valence-corrected chi connectivity index (χ4v) is 2.03. The number of carboxylic acid groups (broad SMARTS) is 1. The first kappa shape index (κ1) is 14.1. The van der Waals surface area contributed by atoms with Gasteiger partial charge in [-0.25, -0.2) is 4.79 Å². The summed E-state index contributed by atoms with van der Waals surface area (Å²) in [5.41, 5.74) is 0.370. The molecule has 2 N–H and O–H groups in total. The van der Waals surface area contributed by atoms with E-state index in [0.717, 1.165) is 4.90 Å². The van der Waals surface area contributed by atoms with E-state index < -0.39 is 11.9 Å². The normalized spacial score (nSPS) is 10.1. The van der Waals surface area contributed by atoms with Gasteiger partial charge >= 0.3 is 5.97 Å². The van der Waals surface area contributed by atoms with E-state index in [-0.39, 0.29) is 11.3 Å². The van der Waals surface area contributed by atoms with Crippen molar-refractivity contribution in [2.24, 2.45) is 0 Å². The number of anilines is 1. The van der Waals surface area contributed by atoms with E-state index in [2.05, 4.69) is 10.3 Å². The molecule has 6 heteroatoms. The van der Waals surface area contributed by atoms with Gasteiger partial charge in [-0.15, -0.1) is 11.8 Å². The minimum absolute atomic E-state index is 0.103. The summed E-state index contributed by atoms with van der Waals surface area (Å²) in [5.74, 6) is -1.72. The number of benzene rings is 1. The molecule has 0 radical (unpaired) electrons. The molecule has 0 spiro atoms. The number of pyridine rings is 1. The quantitative estimate of drug-likeness (QED) is 0.846. The number of nitrogens with one attached hydrogen (secondary N) is 1. The predicted octanol–water partition coefficient (Wildman–Crippen LogP) is 2.75. The maximum Gasteiger partial charge on any atom is 0.338 e. The molecule has 0 bridgehead atoms. The minimum Gasteiger partial charge on any atom is -0.478 e. The molecule has 1 heterocycles. The molecule has 1 amide bonds. The molecule has 0 atom stereocenters. The molecule has 1 aromatic heterocycles. The summed E-state index contributed by atoms with van der Waals surface area (Å²) in [6.07, 6.45) is 3.35. The summed E-state index contributed by atoms with van der Waals surface area (Å²) in [7, 11) is 0. The molecule has 2 rings (SSSR count). The van der Waals surface area contributed by atoms with Gasteiger partial charge in [0.15, 0.2) is 0 Å². The fraction of sp³-hybridized carbons (Fsp3) is 0.0714. The van der Waals surface area contributed by atoms with Crippen LogP contribution in [0.15, 0.2) is 47.5 Å². The van der Waals surface area contributed by atoms with E-state index in [1.54, 1.807) is 23.9 Å². The van der Waals surface area contributed by atoms with Gasteiger partial charge in [0.05, 0.1) is 5.56 Å². The molecule has 0 aliphatic carbocycles. The Bertz CT molecular complexity index is 641. The van der Waals surface area contributed by atoms with Crippen LogP contribution in [0.1, 0.15) is 20.8 Å². The molecule has 102 valence electrons. The van der Waals surface area contributed by atoms with Crippen LogP contribution in [0.4, 0.5) is 5.69 Å². The predicted molar refractivity (Wildman–Crippen MR) is 77.4 cm³/mol. The van der Waals surface area contributed by atoms with E-state index in [0.29, 0.717) is 5.69 Å². The van der Waals surface area contributed by atoms with Gasteiger partial charge < -0.3 is 10.4 Å². The number of nitrogens with zero attached hydrogens (tertiary/aromatic N) is 1. The van der Waals surface area contributed by atoms with Crippen molar-refractivity contribution in [3.63, 3.8) is 0 Å². The first-order valence-electron chi connectivity index (χ1n) is 5.75. The molecule has 0 unspecified atom stereocenters. The molecule has 2 aromatic rings. The van der Waals surface area contributed by atoms with E-state index in [1.165, 1.54) is 18.3 Å². The second-order valence-corrected chi connectivity index (χ2v) is 4.77. The summed E-state index contributed by atoms with van der Waals surface area (Å²) < 4.78 is 0. The average molecular weight is 288 g/mol. The van der Waals surface area contributed by atoms with Crippen molar-refractivity contribution in [1.29, 1.82) is 0 Å². The van der Waals surface area contributed by atoms with Gasteiger partial charge in [-0.3, -0.25) is 9.78 Å². The van der Waals surface area contributed by atoms with Crippen LogP contribution < -0.4 is 5.32 Å². The van der Waals surface area contributed by atoms with Crippen LogP contribution in [0.2, 0.25) is 0 Å². The molecule has 0 aliphatic rings. The highest BCUT2D eigenvalue weighted by Crippen LogP contribution is 2.18. The molecule has 0 aliphatic heterocycles. The van der Waals surface area contributed by atoms with Crippen LogP contribution in [0.3, 0.4) is 0 Å². The third-order valence-corrected chi connectivity index (χ3v) is 3.34. The zero-order chi connectivity index (χ0) is 14.5. The van der Waals surface area contributed by atoms with Crippen molar-refractivity contribution in [2.45, 2.75) is 4.90 Å². The Balaban J connectivity index is 2.21. The number of aromatic carboxylic acids is 1. The lowest BCUT2D eigenvalue weighted by molar-refractivity contribution is 0.0691. The van der Waals surface area contributed by atoms with E-state index in [4.69, 9.17) is 5.11 Å². The number of carbonyl (C=O) groups is 2. The zero-order valence-corrected chi connectivity index (χ0v) is 11.5. The van der Waals surface area contributed by atoms with Crippen LogP contribution in [0, 0.1) is 0 Å². The maximum atomic E-state index is 12.1. The number of hydrogen-bond acceptors (Lipinski definition) is 4. The monoisotopic (exact) mass is 288 g/mol. The highest BCUT2D eigenvalue weighted by molar-refractivity contribution is 7.98. The lowest BCUT2D eigenvalue weighted by Crippen LogP contribution is -2.18. The summed E-state index contributed by atoms with van der Waals surface area (Å²) in [4.78, 5) is 28.0. The Hall–Kier alpha value is -2.34. The highest BCUT2D eigenvalue weighted by atomic mass is 32.2. The molecule has 1 aromatic carbocycles. The van der Waals surface area contributed by atoms with Crippen LogP contribution >= 0.6 is 11.8 Å². The van der Waals surface area contributed by atoms with Crippen LogP contribution in [0.5, 0.6) is 0 Å². The Morgan fingerprint density at radius 2 is 1.90 bits per heavy atom. The van der Waals surface area contributed by atoms with Crippen molar-refractivity contribution in [2.75, 3.05) is 11.6 Å². The molecular weight excluding hydrogens is 276 g/mol. The molecule has 0 saturated heterocycles. The van der Waals surface area contributed by atoms with Gasteiger partial charge in [-0.1, -0.05) is 0 Å². The maximum absolute atomic E-state index is 12.1. The number of rotatable bonds is 4. The van der Waals surface area contributed by atoms with Crippen molar-refractivity contribution in [3.05, 3.63) is 53.9 Å². The molecule has 20 heavy (non-hydrogen) atoms. The van der Waals surface area contributed by atoms with Crippen LogP contribution in [-0.2, 0) is 0 Å². The first-order chi connectivity index (χ1) is 9.61. The third kappa shape index (κ3) is 3.16. The molecule has 0 fully saturated rings. The summed E-state index contributed by atoms with van der Waals surface area (Å²) in [6.45, 7) is 0. The second kappa shape index (κ2) is 6.21. The Labute approximate surface area is 120 Å². The number of aromatic nitrogens is 1. The van der Waals surface area contributed by atoms with Gasteiger partial charge in [0.1, 0.15) is 5.69 Å². The van der Waals surface area contributed by atoms with Gasteiger partial charge in [-0.2, -0.15) is 0 Å². The number of thioether (sulfide) groups is 1. The lowest BCUT2D eigenvalue weighted by atomic mass is 10.2. The summed E-state index contributed by atoms with van der Waals surface area (Å²) in [5, 5.41) is 11.7. The van der Waals surface area contributed by atoms with Gasteiger partial charge in [0.2, 0.25) is 0 Å². The smallest absolute Gasteiger partial charge is 0.338 e. The van der Waals surface area contributed by atoms with Crippen LogP contribution in [0.25, 0.3) is 0 Å². The molecule has 0 saturated carbocycles. The molecule has 5 nitrogen and oxygen atoms in total. The Morgan fingerprint density at radius 3 is 2.50 bits per heavy atom. The lowest BCUT2D eigenvalue weighted by Gasteiger charge is -2.07. The number of carboxylic acids is 1. The van der Waals surface area contributed by atoms with Gasteiger partial charge in [0, 0.05) is 16.8 Å². The Morgan fingerprint density at radius 1 is 1.20 bits per heavy atom. The highest BCUT2D eigenvalue weighted by Gasteiger charge is 2.17. The third-order valence-electron chi connectivity index (χ3n) is 2.60. The molecular formula is C14H12N2O3S. The van der Waals surface area contributed by atoms with E-state index in [1.807, 2.05) is 18.4 Å². The van der Waals surface area contributed by atoms with Crippen molar-refractivity contribution in [1.82, 2.24) is 4.98 Å². The van der Waals surface area contributed by atoms with Gasteiger partial charge in [-0.05, 0) is 42.7 Å². The zero-order valence-electron chi connectivity index (χ0n) is 10.7. The number of hydrogen-bond donors (Lipinski definition) is 2. The topological polar surface area (TPSA) is 79.3 Å². The summed E-state index contributed by atoms with van der Waals surface area (Å²) >= 11 is 1.60. The Kier molecular flexibility index (Phi) is 4.37. The standard InChI is InChI=1S/C14H12N2O3S/c1-20-10-6-4-9(5-7-10)16-13(17)12-11(14(18)19)3-2-8-15-12/h2-8H,1H3,(H,16,17)(H,18,19). The summed E-state index contributed by atoms with van der Waals surface area (Å²) in [6, 6.07) is 10.1. The number of carbonyl (C=O) groups excluding carboxylic acids is 1. The van der Waals surface area contributed by atoms with Crippen molar-refractivity contribution < 1.29 is 14.7 Å².